The molecule has 4 heteroatoms. The Balaban J connectivity index is 2.30. The second-order valence-corrected chi connectivity index (χ2v) is 5.17. The van der Waals surface area contributed by atoms with Gasteiger partial charge < -0.3 is 9.64 Å². The predicted octanol–water partition coefficient (Wildman–Crippen LogP) is 3.53. The maximum Gasteiger partial charge on any atom is 0.337 e. The van der Waals surface area contributed by atoms with Crippen LogP contribution in [0.4, 0.5) is 5.69 Å². The Bertz CT molecular complexity index is 648. The van der Waals surface area contributed by atoms with E-state index in [1.54, 1.807) is 29.2 Å². The standard InChI is InChI=1S/C18H19NO3/c1-13(2)19(16-7-5-4-6-8-16)17(20)14-9-11-15(12-10-14)18(21)22-3/h4-13H,1-3H3. The number of carbonyl (C=O) groups is 2. The van der Waals surface area contributed by atoms with E-state index in [4.69, 9.17) is 0 Å². The van der Waals surface area contributed by atoms with Crippen molar-refractivity contribution in [2.75, 3.05) is 12.0 Å². The summed E-state index contributed by atoms with van der Waals surface area (Å²) in [4.78, 5) is 25.9. The Morgan fingerprint density at radius 2 is 1.45 bits per heavy atom. The highest BCUT2D eigenvalue weighted by molar-refractivity contribution is 6.06. The maximum atomic E-state index is 12.7. The Morgan fingerprint density at radius 3 is 1.95 bits per heavy atom. The molecule has 0 N–H and O–H groups in total. The van der Waals surface area contributed by atoms with Gasteiger partial charge in [0.1, 0.15) is 0 Å². The van der Waals surface area contributed by atoms with Gasteiger partial charge in [-0.25, -0.2) is 4.79 Å². The van der Waals surface area contributed by atoms with Crippen LogP contribution >= 0.6 is 0 Å². The van der Waals surface area contributed by atoms with Crippen LogP contribution < -0.4 is 4.90 Å². The van der Waals surface area contributed by atoms with Crippen molar-refractivity contribution in [1.82, 2.24) is 0 Å². The molecule has 2 aromatic rings. The number of carbonyl (C=O) groups excluding carboxylic acids is 2. The van der Waals surface area contributed by atoms with E-state index in [1.807, 2.05) is 44.2 Å². The molecule has 0 saturated carbocycles. The third-order valence-electron chi connectivity index (χ3n) is 3.32. The zero-order valence-corrected chi connectivity index (χ0v) is 12.9. The van der Waals surface area contributed by atoms with Gasteiger partial charge in [-0.05, 0) is 50.2 Å². The Morgan fingerprint density at radius 1 is 0.909 bits per heavy atom. The minimum atomic E-state index is -0.414. The van der Waals surface area contributed by atoms with Gasteiger partial charge in [0.2, 0.25) is 0 Å². The smallest absolute Gasteiger partial charge is 0.337 e. The molecule has 2 rings (SSSR count). The van der Waals surface area contributed by atoms with Crippen LogP contribution in [-0.4, -0.2) is 25.0 Å². The highest BCUT2D eigenvalue weighted by atomic mass is 16.5. The van der Waals surface area contributed by atoms with Crippen LogP contribution in [0.25, 0.3) is 0 Å². The lowest BCUT2D eigenvalue weighted by molar-refractivity contribution is 0.0600. The topological polar surface area (TPSA) is 46.6 Å². The van der Waals surface area contributed by atoms with E-state index in [0.29, 0.717) is 11.1 Å². The van der Waals surface area contributed by atoms with Crippen molar-refractivity contribution in [1.29, 1.82) is 0 Å². The summed E-state index contributed by atoms with van der Waals surface area (Å²) in [6.45, 7) is 3.93. The molecule has 0 bridgehead atoms. The molecule has 0 aliphatic rings. The molecule has 0 aromatic heterocycles. The van der Waals surface area contributed by atoms with Gasteiger partial charge in [-0.3, -0.25) is 4.79 Å². The minimum absolute atomic E-state index is 0.0233. The zero-order valence-electron chi connectivity index (χ0n) is 12.9. The van der Waals surface area contributed by atoms with Crippen LogP contribution in [0.1, 0.15) is 34.6 Å². The van der Waals surface area contributed by atoms with E-state index in [2.05, 4.69) is 4.74 Å². The second kappa shape index (κ2) is 6.89. The van der Waals surface area contributed by atoms with Crippen molar-refractivity contribution in [3.05, 3.63) is 65.7 Å². The summed E-state index contributed by atoms with van der Waals surface area (Å²) in [5.41, 5.74) is 1.81. The molecule has 0 aliphatic carbocycles. The molecule has 4 nitrogen and oxygen atoms in total. The number of esters is 1. The van der Waals surface area contributed by atoms with Crippen molar-refractivity contribution in [2.45, 2.75) is 19.9 Å². The van der Waals surface area contributed by atoms with Crippen molar-refractivity contribution in [3.8, 4) is 0 Å². The van der Waals surface area contributed by atoms with Crippen LogP contribution in [-0.2, 0) is 4.74 Å². The Kier molecular flexibility index (Phi) is 4.94. The van der Waals surface area contributed by atoms with Gasteiger partial charge in [0.25, 0.3) is 5.91 Å². The third kappa shape index (κ3) is 3.34. The average Bonchev–Trinajstić information content (AvgIpc) is 2.55. The summed E-state index contributed by atoms with van der Waals surface area (Å²) < 4.78 is 4.66. The predicted molar refractivity (Wildman–Crippen MR) is 86.2 cm³/mol. The lowest BCUT2D eigenvalue weighted by Crippen LogP contribution is -2.37. The van der Waals surface area contributed by atoms with Gasteiger partial charge in [-0.1, -0.05) is 18.2 Å². The lowest BCUT2D eigenvalue weighted by atomic mass is 10.1. The van der Waals surface area contributed by atoms with Crippen LogP contribution in [0, 0.1) is 0 Å². The summed E-state index contributed by atoms with van der Waals surface area (Å²) in [5, 5.41) is 0. The number of rotatable bonds is 4. The fraction of sp³-hybridized carbons (Fsp3) is 0.222. The van der Waals surface area contributed by atoms with Crippen molar-refractivity contribution < 1.29 is 14.3 Å². The van der Waals surface area contributed by atoms with Crippen LogP contribution in [0.2, 0.25) is 0 Å². The normalized spacial score (nSPS) is 10.4. The summed E-state index contributed by atoms with van der Waals surface area (Å²) in [5.74, 6) is -0.514. The average molecular weight is 297 g/mol. The molecule has 0 aliphatic heterocycles. The first kappa shape index (κ1) is 15.8. The van der Waals surface area contributed by atoms with Crippen LogP contribution in [0.3, 0.4) is 0 Å². The van der Waals surface area contributed by atoms with E-state index >= 15 is 0 Å². The molecule has 1 amide bonds. The van der Waals surface area contributed by atoms with E-state index in [0.717, 1.165) is 5.69 Å². The summed E-state index contributed by atoms with van der Waals surface area (Å²) in [6.07, 6.45) is 0. The summed E-state index contributed by atoms with van der Waals surface area (Å²) >= 11 is 0. The SMILES string of the molecule is COC(=O)c1ccc(C(=O)N(c2ccccc2)C(C)C)cc1. The van der Waals surface area contributed by atoms with Crippen LogP contribution in [0.5, 0.6) is 0 Å². The summed E-state index contributed by atoms with van der Waals surface area (Å²) in [6, 6.07) is 16.0. The molecular weight excluding hydrogens is 278 g/mol. The molecule has 22 heavy (non-hydrogen) atoms. The number of methoxy groups -OCH3 is 1. The molecule has 0 saturated heterocycles. The van der Waals surface area contributed by atoms with Crippen molar-refractivity contribution >= 4 is 17.6 Å². The minimum Gasteiger partial charge on any atom is -0.465 e. The fourth-order valence-electron chi connectivity index (χ4n) is 2.24. The molecule has 0 radical (unpaired) electrons. The Labute approximate surface area is 130 Å². The van der Waals surface area contributed by atoms with Gasteiger partial charge in [0.15, 0.2) is 0 Å². The first-order chi connectivity index (χ1) is 10.5. The number of hydrogen-bond acceptors (Lipinski definition) is 3. The molecule has 0 heterocycles. The first-order valence-corrected chi connectivity index (χ1v) is 7.11. The van der Waals surface area contributed by atoms with Gasteiger partial charge in [0.05, 0.1) is 12.7 Å². The number of benzene rings is 2. The highest BCUT2D eigenvalue weighted by Gasteiger charge is 2.20. The first-order valence-electron chi connectivity index (χ1n) is 7.11. The van der Waals surface area contributed by atoms with Gasteiger partial charge in [-0.15, -0.1) is 0 Å². The van der Waals surface area contributed by atoms with E-state index < -0.39 is 5.97 Å². The number of ether oxygens (including phenoxy) is 1. The highest BCUT2D eigenvalue weighted by Crippen LogP contribution is 2.20. The molecule has 2 aromatic carbocycles. The number of anilines is 1. The van der Waals surface area contributed by atoms with Crippen molar-refractivity contribution in [2.24, 2.45) is 0 Å². The van der Waals surface area contributed by atoms with Gasteiger partial charge in [0, 0.05) is 17.3 Å². The van der Waals surface area contributed by atoms with E-state index in [-0.39, 0.29) is 11.9 Å². The number of hydrogen-bond donors (Lipinski definition) is 0. The molecular formula is C18H19NO3. The molecule has 114 valence electrons. The second-order valence-electron chi connectivity index (χ2n) is 5.17. The van der Waals surface area contributed by atoms with Gasteiger partial charge in [-0.2, -0.15) is 0 Å². The monoisotopic (exact) mass is 297 g/mol. The number of para-hydroxylation sites is 1. The summed E-state index contributed by atoms with van der Waals surface area (Å²) in [7, 11) is 1.33. The molecule has 0 atom stereocenters. The molecule has 0 fully saturated rings. The number of nitrogens with zero attached hydrogens (tertiary/aromatic N) is 1. The molecule has 0 unspecified atom stereocenters. The lowest BCUT2D eigenvalue weighted by Gasteiger charge is -2.27. The van der Waals surface area contributed by atoms with E-state index in [1.165, 1.54) is 7.11 Å². The third-order valence-corrected chi connectivity index (χ3v) is 3.32. The van der Waals surface area contributed by atoms with Crippen LogP contribution in [0.15, 0.2) is 54.6 Å². The Hall–Kier alpha value is -2.62. The largest absolute Gasteiger partial charge is 0.465 e. The van der Waals surface area contributed by atoms with Crippen molar-refractivity contribution in [3.63, 3.8) is 0 Å². The maximum absolute atomic E-state index is 12.7. The quantitative estimate of drug-likeness (QED) is 0.811. The number of amides is 1. The van der Waals surface area contributed by atoms with Gasteiger partial charge >= 0.3 is 5.97 Å². The molecule has 0 spiro atoms. The zero-order chi connectivity index (χ0) is 16.1. The fourth-order valence-corrected chi connectivity index (χ4v) is 2.24. The van der Waals surface area contributed by atoms with E-state index in [9.17, 15) is 9.59 Å².